The Labute approximate surface area is 348 Å². The number of carbonyl (C=O) groups excluding carboxylic acids is 3. The van der Waals surface area contributed by atoms with Gasteiger partial charge >= 0.3 is 5.69 Å². The molecule has 5 aromatic rings. The first-order chi connectivity index (χ1) is 28.9. The van der Waals surface area contributed by atoms with Crippen LogP contribution in [0.25, 0.3) is 17.1 Å². The molecule has 0 aliphatic heterocycles. The lowest BCUT2D eigenvalue weighted by molar-refractivity contribution is -0.123. The monoisotopic (exact) mass is 844 g/mol. The highest BCUT2D eigenvalue weighted by Gasteiger charge is 2.57. The topological polar surface area (TPSA) is 243 Å². The molecular formula is C42H46F2N8O9. The molecule has 2 heterocycles. The molecule has 1 fully saturated rings. The highest BCUT2D eigenvalue weighted by Crippen LogP contribution is 2.46. The number of phenolic OH excluding ortho intramolecular Hbond substituents is 2. The van der Waals surface area contributed by atoms with Gasteiger partial charge in [0.1, 0.15) is 47.0 Å². The summed E-state index contributed by atoms with van der Waals surface area (Å²) < 4.78 is 37.6. The van der Waals surface area contributed by atoms with Crippen LogP contribution in [0.5, 0.6) is 23.0 Å². The number of nitrogens with one attached hydrogen (secondary N) is 3. The van der Waals surface area contributed by atoms with Crippen molar-refractivity contribution in [1.82, 2.24) is 34.9 Å². The van der Waals surface area contributed by atoms with Crippen molar-refractivity contribution in [1.29, 1.82) is 0 Å². The summed E-state index contributed by atoms with van der Waals surface area (Å²) >= 11 is 0. The number of hydrogen-bond acceptors (Lipinski definition) is 12. The maximum Gasteiger partial charge on any atom is 0.349 e. The number of nitrogens with zero attached hydrogens (tertiary/aromatic N) is 5. The van der Waals surface area contributed by atoms with E-state index in [0.717, 1.165) is 12.3 Å². The van der Waals surface area contributed by atoms with E-state index in [-0.39, 0.29) is 52.4 Å². The van der Waals surface area contributed by atoms with Crippen molar-refractivity contribution in [2.24, 2.45) is 11.8 Å². The number of aliphatic hydroxyl groups excluding tert-OH is 2. The summed E-state index contributed by atoms with van der Waals surface area (Å²) in [5.41, 5.74) is 0.382. The average Bonchev–Trinajstić information content (AvgIpc) is 3.75. The standard InChI is InChI=1S/C42H46F2N8O9/c1-6-45-40(59)37-50-49-36(29-18-28(21(2)3)30(54)19-31(29)55)52(37)25-9-13-27(14-10-25)61-26-11-7-23(8-12-26)38(57)48-34(22(4)5)39(58)46-33-15-16-51(41(60)47-33)32-17-24(20-53)35(56)42(32,43)44/h7-16,18-19,21-22,24,32,34-35,53-56H,6,17,20H2,1-5H3,(H,45,59)(H,48,57)(H,46,47,58,60)/t24-,32-,34+,35-/m1/s1. The van der Waals surface area contributed by atoms with E-state index in [1.54, 1.807) is 63.2 Å². The SMILES string of the molecule is CCNC(=O)c1nnc(-c2cc(C(C)C)c(O)cc2O)n1-c1ccc(Oc2ccc(C(=O)N[C@H](C(=O)Nc3ccn([C@@H]4C[C@H](CO)[C@@H](O)C4(F)F)c(=O)n3)C(C)C)cc2)cc1. The van der Waals surface area contributed by atoms with E-state index in [0.29, 0.717) is 33.9 Å². The van der Waals surface area contributed by atoms with Gasteiger partial charge in [0.15, 0.2) is 5.82 Å². The third-order valence-corrected chi connectivity index (χ3v) is 10.4. The molecule has 0 unspecified atom stereocenters. The predicted molar refractivity (Wildman–Crippen MR) is 217 cm³/mol. The molecule has 61 heavy (non-hydrogen) atoms. The number of halogens is 2. The van der Waals surface area contributed by atoms with Gasteiger partial charge in [-0.15, -0.1) is 10.2 Å². The Bertz CT molecular complexity index is 2470. The first-order valence-corrected chi connectivity index (χ1v) is 19.5. The second kappa shape index (κ2) is 17.9. The van der Waals surface area contributed by atoms with Crippen molar-refractivity contribution in [2.75, 3.05) is 18.5 Å². The fourth-order valence-corrected chi connectivity index (χ4v) is 7.04. The third-order valence-electron chi connectivity index (χ3n) is 10.4. The first kappa shape index (κ1) is 43.8. The maximum absolute atomic E-state index is 14.7. The smallest absolute Gasteiger partial charge is 0.349 e. The van der Waals surface area contributed by atoms with Crippen molar-refractivity contribution >= 4 is 23.5 Å². The Morgan fingerprint density at radius 2 is 1.59 bits per heavy atom. The van der Waals surface area contributed by atoms with Crippen molar-refractivity contribution in [3.63, 3.8) is 0 Å². The number of rotatable bonds is 14. The van der Waals surface area contributed by atoms with Gasteiger partial charge in [0.05, 0.1) is 5.56 Å². The molecule has 6 rings (SSSR count). The number of aliphatic hydroxyl groups is 2. The molecule has 2 aromatic heterocycles. The van der Waals surface area contributed by atoms with Crippen LogP contribution in [0.4, 0.5) is 14.6 Å². The van der Waals surface area contributed by atoms with Crippen LogP contribution in [0.1, 0.15) is 79.5 Å². The fraction of sp³-hybridized carbons (Fsp3) is 0.357. The van der Waals surface area contributed by atoms with E-state index in [2.05, 4.69) is 31.1 Å². The van der Waals surface area contributed by atoms with Crippen LogP contribution < -0.4 is 26.4 Å². The summed E-state index contributed by atoms with van der Waals surface area (Å²) in [5, 5.41) is 56.7. The van der Waals surface area contributed by atoms with Crippen molar-refractivity contribution in [2.45, 2.75) is 71.1 Å². The van der Waals surface area contributed by atoms with Gasteiger partial charge in [-0.25, -0.2) is 13.6 Å². The summed E-state index contributed by atoms with van der Waals surface area (Å²) in [5.74, 6) is -6.83. The highest BCUT2D eigenvalue weighted by atomic mass is 19.3. The molecule has 1 aliphatic rings. The summed E-state index contributed by atoms with van der Waals surface area (Å²) in [6.07, 6.45) is -1.47. The second-order valence-corrected chi connectivity index (χ2v) is 15.2. The van der Waals surface area contributed by atoms with Gasteiger partial charge in [0, 0.05) is 42.6 Å². The van der Waals surface area contributed by atoms with Crippen LogP contribution in [0.15, 0.2) is 77.7 Å². The van der Waals surface area contributed by atoms with Gasteiger partial charge in [-0.3, -0.25) is 23.5 Å². The normalized spacial score (nSPS) is 17.6. The van der Waals surface area contributed by atoms with Crippen molar-refractivity contribution in [3.05, 3.63) is 100 Å². The fourth-order valence-electron chi connectivity index (χ4n) is 7.04. The van der Waals surface area contributed by atoms with E-state index in [9.17, 15) is 48.4 Å². The number of alkyl halides is 2. The number of aromatic nitrogens is 5. The molecule has 19 heteroatoms. The third kappa shape index (κ3) is 9.07. The largest absolute Gasteiger partial charge is 0.508 e. The van der Waals surface area contributed by atoms with Gasteiger partial charge in [-0.2, -0.15) is 4.98 Å². The Balaban J connectivity index is 1.13. The first-order valence-electron chi connectivity index (χ1n) is 19.5. The molecule has 7 N–H and O–H groups in total. The minimum Gasteiger partial charge on any atom is -0.508 e. The minimum atomic E-state index is -3.70. The van der Waals surface area contributed by atoms with E-state index in [1.165, 1.54) is 22.8 Å². The van der Waals surface area contributed by atoms with Crippen LogP contribution in [-0.4, -0.2) is 93.7 Å². The zero-order valence-electron chi connectivity index (χ0n) is 33.8. The molecule has 0 bridgehead atoms. The molecule has 0 spiro atoms. The number of carbonyl (C=O) groups is 3. The lowest BCUT2D eigenvalue weighted by Gasteiger charge is -2.24. The van der Waals surface area contributed by atoms with Crippen LogP contribution in [0, 0.1) is 11.8 Å². The molecule has 1 aliphatic carbocycles. The summed E-state index contributed by atoms with van der Waals surface area (Å²) in [7, 11) is 0. The summed E-state index contributed by atoms with van der Waals surface area (Å²) in [4.78, 5) is 56.0. The molecule has 4 atom stereocenters. The minimum absolute atomic E-state index is 0.0363. The van der Waals surface area contributed by atoms with E-state index >= 15 is 0 Å². The van der Waals surface area contributed by atoms with Gasteiger partial charge in [-0.05, 0) is 91.4 Å². The van der Waals surface area contributed by atoms with Gasteiger partial charge in [-0.1, -0.05) is 27.7 Å². The Hall–Kier alpha value is -6.73. The number of ether oxygens (including phenoxy) is 1. The Kier molecular flexibility index (Phi) is 12.8. The molecule has 322 valence electrons. The molecule has 3 amide bonds. The highest BCUT2D eigenvalue weighted by molar-refractivity contribution is 6.01. The predicted octanol–water partition coefficient (Wildman–Crippen LogP) is 4.51. The van der Waals surface area contributed by atoms with Crippen LogP contribution in [0.2, 0.25) is 0 Å². The van der Waals surface area contributed by atoms with E-state index in [1.807, 2.05) is 13.8 Å². The van der Waals surface area contributed by atoms with Gasteiger partial charge in [0.2, 0.25) is 11.7 Å². The Morgan fingerprint density at radius 1 is 0.934 bits per heavy atom. The van der Waals surface area contributed by atoms with E-state index < -0.39 is 66.0 Å². The molecule has 17 nitrogen and oxygen atoms in total. The number of phenols is 2. The van der Waals surface area contributed by atoms with Crippen molar-refractivity contribution in [3.8, 4) is 40.1 Å². The van der Waals surface area contributed by atoms with E-state index in [4.69, 9.17) is 4.74 Å². The van der Waals surface area contributed by atoms with Crippen LogP contribution in [0.3, 0.4) is 0 Å². The van der Waals surface area contributed by atoms with Crippen LogP contribution >= 0.6 is 0 Å². The maximum atomic E-state index is 14.7. The zero-order chi connectivity index (χ0) is 44.3. The molecule has 0 radical (unpaired) electrons. The van der Waals surface area contributed by atoms with Gasteiger partial charge < -0.3 is 41.1 Å². The van der Waals surface area contributed by atoms with Crippen molar-refractivity contribution < 1.29 is 48.3 Å². The second-order valence-electron chi connectivity index (χ2n) is 15.2. The number of hydrogen-bond donors (Lipinski definition) is 7. The van der Waals surface area contributed by atoms with Crippen LogP contribution in [-0.2, 0) is 4.79 Å². The number of amides is 3. The molecule has 3 aromatic carbocycles. The average molecular weight is 845 g/mol. The number of anilines is 1. The van der Waals surface area contributed by atoms with Gasteiger partial charge in [0.25, 0.3) is 17.7 Å². The molecule has 1 saturated carbocycles. The Morgan fingerprint density at radius 3 is 2.16 bits per heavy atom. The molecule has 0 saturated heterocycles. The lowest BCUT2D eigenvalue weighted by Crippen LogP contribution is -2.47. The number of benzene rings is 3. The molecular weight excluding hydrogens is 799 g/mol. The zero-order valence-corrected chi connectivity index (χ0v) is 33.8. The number of aromatic hydroxyl groups is 2. The lowest BCUT2D eigenvalue weighted by atomic mass is 9.98. The summed E-state index contributed by atoms with van der Waals surface area (Å²) in [6, 6.07) is 13.8. The quantitative estimate of drug-likeness (QED) is 0.0817. The summed E-state index contributed by atoms with van der Waals surface area (Å²) in [6.45, 7) is 8.55.